The molecular formula is C15H23ClN2O3. The highest BCUT2D eigenvalue weighted by Crippen LogP contribution is 2.31. The van der Waals surface area contributed by atoms with Crippen LogP contribution in [0.5, 0.6) is 0 Å². The Balaban J connectivity index is 3.24. The molecule has 0 aliphatic heterocycles. The Morgan fingerprint density at radius 1 is 1.24 bits per heavy atom. The molecule has 0 spiro atoms. The Morgan fingerprint density at radius 2 is 1.90 bits per heavy atom. The quantitative estimate of drug-likeness (QED) is 0.543. The first-order valence-corrected chi connectivity index (χ1v) is 7.85. The molecule has 1 rings (SSSR count). The maximum atomic E-state index is 11.9. The molecule has 0 aliphatic rings. The molecule has 0 saturated heterocycles. The summed E-state index contributed by atoms with van der Waals surface area (Å²) in [5.41, 5.74) is 0.252. The second-order valence-electron chi connectivity index (χ2n) is 4.54. The molecule has 0 fully saturated rings. The number of hydrogen-bond acceptors (Lipinski definition) is 5. The van der Waals surface area contributed by atoms with E-state index in [0.717, 1.165) is 12.8 Å². The van der Waals surface area contributed by atoms with E-state index in [1.54, 1.807) is 6.92 Å². The minimum Gasteiger partial charge on any atom is -0.462 e. The average molecular weight is 315 g/mol. The van der Waals surface area contributed by atoms with Crippen LogP contribution in [0.2, 0.25) is 0 Å². The van der Waals surface area contributed by atoms with Gasteiger partial charge in [-0.3, -0.25) is 0 Å². The molecule has 0 radical (unpaired) electrons. The van der Waals surface area contributed by atoms with Crippen molar-refractivity contribution < 1.29 is 14.3 Å². The summed E-state index contributed by atoms with van der Waals surface area (Å²) in [4.78, 5) is 20.6. The third-order valence-electron chi connectivity index (χ3n) is 3.46. The largest absolute Gasteiger partial charge is 0.462 e. The number of halogens is 1. The van der Waals surface area contributed by atoms with Crippen LogP contribution in [0.25, 0.3) is 0 Å². The normalized spacial score (nSPS) is 11.5. The fourth-order valence-corrected chi connectivity index (χ4v) is 2.43. The van der Waals surface area contributed by atoms with Crippen molar-refractivity contribution in [1.82, 2.24) is 9.97 Å². The summed E-state index contributed by atoms with van der Waals surface area (Å²) in [6.07, 6.45) is 2.98. The number of nitrogens with zero attached hydrogens (tertiary/aromatic N) is 2. The third kappa shape index (κ3) is 3.92. The Hall–Kier alpha value is -1.20. The lowest BCUT2D eigenvalue weighted by Crippen LogP contribution is -2.31. The van der Waals surface area contributed by atoms with E-state index < -0.39 is 11.6 Å². The van der Waals surface area contributed by atoms with Gasteiger partial charge >= 0.3 is 5.97 Å². The van der Waals surface area contributed by atoms with Crippen molar-refractivity contribution in [1.29, 1.82) is 0 Å². The highest BCUT2D eigenvalue weighted by Gasteiger charge is 2.33. The van der Waals surface area contributed by atoms with Crippen LogP contribution in [-0.2, 0) is 21.0 Å². The van der Waals surface area contributed by atoms with Crippen molar-refractivity contribution in [3.63, 3.8) is 0 Å². The van der Waals surface area contributed by atoms with Crippen LogP contribution in [-0.4, -0.2) is 29.2 Å². The van der Waals surface area contributed by atoms with Crippen molar-refractivity contribution in [2.75, 3.05) is 13.2 Å². The molecule has 5 nitrogen and oxygen atoms in total. The molecule has 0 bridgehead atoms. The van der Waals surface area contributed by atoms with Crippen LogP contribution in [0.1, 0.15) is 62.4 Å². The van der Waals surface area contributed by atoms with Crippen LogP contribution in [0.3, 0.4) is 0 Å². The van der Waals surface area contributed by atoms with Crippen LogP contribution in [0, 0.1) is 0 Å². The predicted octanol–water partition coefficient (Wildman–Crippen LogP) is 3.44. The number of esters is 1. The van der Waals surface area contributed by atoms with Gasteiger partial charge in [-0.1, -0.05) is 13.8 Å². The van der Waals surface area contributed by atoms with Gasteiger partial charge in [0.25, 0.3) is 0 Å². The summed E-state index contributed by atoms with van der Waals surface area (Å²) in [7, 11) is 0. The van der Waals surface area contributed by atoms with Gasteiger partial charge in [0.1, 0.15) is 11.2 Å². The van der Waals surface area contributed by atoms with Gasteiger partial charge in [-0.05, 0) is 26.7 Å². The molecular weight excluding hydrogens is 292 g/mol. The summed E-state index contributed by atoms with van der Waals surface area (Å²) in [6.45, 7) is 8.62. The predicted molar refractivity (Wildman–Crippen MR) is 81.4 cm³/mol. The van der Waals surface area contributed by atoms with E-state index in [0.29, 0.717) is 30.3 Å². The lowest BCUT2D eigenvalue weighted by molar-refractivity contribution is -0.0573. The summed E-state index contributed by atoms with van der Waals surface area (Å²) in [5, 5.41) is 0. The molecule has 21 heavy (non-hydrogen) atoms. The molecule has 0 saturated carbocycles. The monoisotopic (exact) mass is 314 g/mol. The first-order chi connectivity index (χ1) is 10.1. The van der Waals surface area contributed by atoms with Crippen molar-refractivity contribution in [2.45, 2.75) is 52.0 Å². The minimum atomic E-state index is -0.539. The van der Waals surface area contributed by atoms with Crippen molar-refractivity contribution in [2.24, 2.45) is 0 Å². The first kappa shape index (κ1) is 17.9. The second kappa shape index (κ2) is 8.29. The number of rotatable bonds is 8. The Morgan fingerprint density at radius 3 is 2.38 bits per heavy atom. The molecule has 1 aromatic rings. The molecule has 6 heteroatoms. The first-order valence-electron chi connectivity index (χ1n) is 7.31. The average Bonchev–Trinajstić information content (AvgIpc) is 2.52. The third-order valence-corrected chi connectivity index (χ3v) is 3.71. The number of carbonyl (C=O) groups excluding carboxylic acids is 1. The zero-order chi connectivity index (χ0) is 15.9. The molecule has 0 aromatic carbocycles. The van der Waals surface area contributed by atoms with E-state index in [2.05, 4.69) is 9.97 Å². The zero-order valence-corrected chi connectivity index (χ0v) is 13.9. The maximum Gasteiger partial charge on any atom is 0.341 e. The van der Waals surface area contributed by atoms with Crippen LogP contribution >= 0.6 is 11.6 Å². The van der Waals surface area contributed by atoms with Crippen LogP contribution in [0.15, 0.2) is 6.20 Å². The SMILES string of the molecule is CCOC(=O)c1cnc(C(CC)(CC)OCC)nc1CCl. The maximum absolute atomic E-state index is 11.9. The second-order valence-corrected chi connectivity index (χ2v) is 4.81. The Labute approximate surface area is 131 Å². The summed E-state index contributed by atoms with van der Waals surface area (Å²) < 4.78 is 10.9. The van der Waals surface area contributed by atoms with Gasteiger partial charge in [0.15, 0.2) is 5.82 Å². The van der Waals surface area contributed by atoms with Gasteiger partial charge < -0.3 is 9.47 Å². The molecule has 0 unspecified atom stereocenters. The van der Waals surface area contributed by atoms with E-state index in [-0.39, 0.29) is 5.88 Å². The van der Waals surface area contributed by atoms with E-state index in [4.69, 9.17) is 21.1 Å². The molecule has 118 valence electrons. The lowest BCUT2D eigenvalue weighted by Gasteiger charge is -2.30. The van der Waals surface area contributed by atoms with Gasteiger partial charge in [0, 0.05) is 12.8 Å². The van der Waals surface area contributed by atoms with Gasteiger partial charge in [-0.2, -0.15) is 0 Å². The van der Waals surface area contributed by atoms with Crippen molar-refractivity contribution >= 4 is 17.6 Å². The highest BCUT2D eigenvalue weighted by molar-refractivity contribution is 6.17. The van der Waals surface area contributed by atoms with Crippen LogP contribution in [0.4, 0.5) is 0 Å². The van der Waals surface area contributed by atoms with Crippen molar-refractivity contribution in [3.8, 4) is 0 Å². The van der Waals surface area contributed by atoms with Crippen LogP contribution < -0.4 is 0 Å². The molecule has 0 N–H and O–H groups in total. The fourth-order valence-electron chi connectivity index (χ4n) is 2.23. The van der Waals surface area contributed by atoms with E-state index >= 15 is 0 Å². The molecule has 0 atom stereocenters. The standard InChI is InChI=1S/C15H23ClN2O3/c1-5-15(6-2,21-8-4)14-17-10-11(12(9-16)18-14)13(19)20-7-3/h10H,5-9H2,1-4H3. The lowest BCUT2D eigenvalue weighted by atomic mass is 9.95. The van der Waals surface area contributed by atoms with Gasteiger partial charge in [0.05, 0.1) is 18.2 Å². The Kier molecular flexibility index (Phi) is 7.05. The fraction of sp³-hybridized carbons (Fsp3) is 0.667. The highest BCUT2D eigenvalue weighted by atomic mass is 35.5. The number of hydrogen-bond donors (Lipinski definition) is 0. The van der Waals surface area contributed by atoms with Gasteiger partial charge in [-0.15, -0.1) is 11.6 Å². The Bertz CT molecular complexity index is 476. The number of aromatic nitrogens is 2. The summed E-state index contributed by atoms with van der Waals surface area (Å²) in [6, 6.07) is 0. The van der Waals surface area contributed by atoms with E-state index in [1.165, 1.54) is 6.20 Å². The van der Waals surface area contributed by atoms with E-state index in [1.807, 2.05) is 20.8 Å². The minimum absolute atomic E-state index is 0.124. The molecule has 0 aliphatic carbocycles. The summed E-state index contributed by atoms with van der Waals surface area (Å²) in [5.74, 6) is 0.243. The van der Waals surface area contributed by atoms with E-state index in [9.17, 15) is 4.79 Å². The van der Waals surface area contributed by atoms with Crippen molar-refractivity contribution in [3.05, 3.63) is 23.3 Å². The molecule has 1 heterocycles. The topological polar surface area (TPSA) is 61.3 Å². The number of alkyl halides is 1. The van der Waals surface area contributed by atoms with Gasteiger partial charge in [0.2, 0.25) is 0 Å². The van der Waals surface area contributed by atoms with Gasteiger partial charge in [-0.25, -0.2) is 14.8 Å². The molecule has 1 aromatic heterocycles. The number of carbonyl (C=O) groups is 1. The number of ether oxygens (including phenoxy) is 2. The smallest absolute Gasteiger partial charge is 0.341 e. The molecule has 0 amide bonds. The summed E-state index contributed by atoms with van der Waals surface area (Å²) >= 11 is 5.92. The zero-order valence-electron chi connectivity index (χ0n) is 13.1.